The molecule has 2 aromatic carbocycles. The van der Waals surface area contributed by atoms with Crippen molar-refractivity contribution < 1.29 is 18.0 Å². The molecule has 8 heteroatoms. The summed E-state index contributed by atoms with van der Waals surface area (Å²) in [6.45, 7) is 3.38. The van der Waals surface area contributed by atoms with Gasteiger partial charge in [0.2, 0.25) is 5.91 Å². The second-order valence-corrected chi connectivity index (χ2v) is 8.92. The third kappa shape index (κ3) is 3.95. The predicted molar refractivity (Wildman–Crippen MR) is 116 cm³/mol. The maximum atomic E-state index is 12.8. The van der Waals surface area contributed by atoms with Crippen LogP contribution in [-0.2, 0) is 40.7 Å². The Bertz CT molecular complexity index is 1120. The van der Waals surface area contributed by atoms with E-state index in [4.69, 9.17) is 0 Å². The first kappa shape index (κ1) is 20.2. The Morgan fingerprint density at radius 1 is 0.967 bits per heavy atom. The first-order chi connectivity index (χ1) is 14.4. The van der Waals surface area contributed by atoms with Crippen molar-refractivity contribution in [2.24, 2.45) is 0 Å². The molecule has 0 fully saturated rings. The summed E-state index contributed by atoms with van der Waals surface area (Å²) in [5.41, 5.74) is 5.33. The molecule has 0 radical (unpaired) electrons. The summed E-state index contributed by atoms with van der Waals surface area (Å²) in [4.78, 5) is 24.3. The second kappa shape index (κ2) is 7.95. The minimum absolute atomic E-state index is 0.0431. The van der Waals surface area contributed by atoms with Crippen LogP contribution in [0.1, 0.15) is 45.5 Å². The van der Waals surface area contributed by atoms with Crippen molar-refractivity contribution in [1.29, 1.82) is 0 Å². The molecule has 0 unspecified atom stereocenters. The zero-order valence-corrected chi connectivity index (χ0v) is 17.3. The predicted octanol–water partition coefficient (Wildman–Crippen LogP) is 2.88. The van der Waals surface area contributed by atoms with Gasteiger partial charge in [0.05, 0.1) is 16.9 Å². The number of carbonyl (C=O) groups is 2. The molecule has 30 heavy (non-hydrogen) atoms. The van der Waals surface area contributed by atoms with Gasteiger partial charge in [-0.15, -0.1) is 0 Å². The number of aryl methyl sites for hydroxylation is 2. The number of hydrogen-bond donors (Lipinski definition) is 3. The van der Waals surface area contributed by atoms with E-state index in [1.807, 2.05) is 0 Å². The normalized spacial score (nSPS) is 14.5. The number of nitrogens with one attached hydrogen (secondary N) is 3. The molecule has 0 aliphatic heterocycles. The quantitative estimate of drug-likeness (QED) is 0.619. The molecule has 4 rings (SSSR count). The van der Waals surface area contributed by atoms with E-state index in [0.29, 0.717) is 5.69 Å². The largest absolute Gasteiger partial charge is 0.323 e. The fourth-order valence-electron chi connectivity index (χ4n) is 4.25. The van der Waals surface area contributed by atoms with E-state index in [1.54, 1.807) is 12.1 Å². The van der Waals surface area contributed by atoms with Crippen LogP contribution in [0.3, 0.4) is 0 Å². The van der Waals surface area contributed by atoms with Crippen LogP contribution in [0.4, 0.5) is 11.4 Å². The summed E-state index contributed by atoms with van der Waals surface area (Å²) in [5, 5.41) is 2.51. The molecular formula is C22H23N3O4S. The number of para-hydroxylation sites is 1. The first-order valence-electron chi connectivity index (χ1n) is 9.92. The van der Waals surface area contributed by atoms with Gasteiger partial charge in [0.15, 0.2) is 0 Å². The van der Waals surface area contributed by atoms with Crippen LogP contribution in [0.15, 0.2) is 43.0 Å². The number of anilines is 2. The number of fused-ring (bicyclic) bond motifs is 2. The Morgan fingerprint density at radius 3 is 2.23 bits per heavy atom. The maximum Gasteiger partial charge on any atom is 0.323 e. The van der Waals surface area contributed by atoms with Gasteiger partial charge in [0, 0.05) is 0 Å². The summed E-state index contributed by atoms with van der Waals surface area (Å²) in [7, 11) is -4.16. The van der Waals surface area contributed by atoms with E-state index in [1.165, 1.54) is 23.3 Å². The third-order valence-corrected chi connectivity index (χ3v) is 6.48. The lowest BCUT2D eigenvalue weighted by Crippen LogP contribution is -2.36. The standard InChI is InChI=1S/C22H23N3O4S/c1-2-20(26)23-19-12-4-3-9-18(19)22(27)25-30(28,29)24-21-16-10-5-7-14(16)13-15-8-6-11-17(15)21/h2-4,9,12-13,24H,1,5-8,10-11H2,(H,23,26)(H,25,27). The molecule has 0 saturated heterocycles. The molecule has 2 aliphatic rings. The molecule has 2 aliphatic carbocycles. The van der Waals surface area contributed by atoms with Gasteiger partial charge in [0.1, 0.15) is 0 Å². The van der Waals surface area contributed by atoms with Crippen molar-refractivity contribution in [3.8, 4) is 0 Å². The fraction of sp³-hybridized carbons (Fsp3) is 0.273. The number of hydrogen-bond acceptors (Lipinski definition) is 4. The molecule has 0 atom stereocenters. The molecule has 0 spiro atoms. The van der Waals surface area contributed by atoms with Crippen LogP contribution >= 0.6 is 0 Å². The van der Waals surface area contributed by atoms with Crippen molar-refractivity contribution >= 4 is 33.4 Å². The Kier molecular flexibility index (Phi) is 5.34. The highest BCUT2D eigenvalue weighted by Crippen LogP contribution is 2.38. The lowest BCUT2D eigenvalue weighted by Gasteiger charge is -2.18. The van der Waals surface area contributed by atoms with E-state index < -0.39 is 22.0 Å². The van der Waals surface area contributed by atoms with Crippen molar-refractivity contribution in [1.82, 2.24) is 4.72 Å². The summed E-state index contributed by atoms with van der Waals surface area (Å²) in [6.07, 6.45) is 6.60. The molecule has 3 N–H and O–H groups in total. The number of amides is 2. The van der Waals surface area contributed by atoms with Crippen LogP contribution in [0.5, 0.6) is 0 Å². The molecule has 0 heterocycles. The lowest BCUT2D eigenvalue weighted by atomic mass is 9.99. The second-order valence-electron chi connectivity index (χ2n) is 7.51. The van der Waals surface area contributed by atoms with Crippen LogP contribution < -0.4 is 14.8 Å². The fourth-order valence-corrected chi connectivity index (χ4v) is 5.17. The SMILES string of the molecule is C=CC(=O)Nc1ccccc1C(=O)NS(=O)(=O)Nc1c2c(cc3c1CCC3)CCC2. The van der Waals surface area contributed by atoms with Crippen molar-refractivity contribution in [3.05, 3.63) is 70.8 Å². The van der Waals surface area contributed by atoms with Gasteiger partial charge >= 0.3 is 10.2 Å². The molecule has 0 saturated carbocycles. The molecule has 0 aromatic heterocycles. The average Bonchev–Trinajstić information content (AvgIpc) is 3.36. The average molecular weight is 426 g/mol. The number of benzene rings is 2. The minimum atomic E-state index is -4.16. The van der Waals surface area contributed by atoms with Gasteiger partial charge in [-0.25, -0.2) is 4.72 Å². The van der Waals surface area contributed by atoms with Crippen molar-refractivity contribution in [2.45, 2.75) is 38.5 Å². The Morgan fingerprint density at radius 2 is 1.60 bits per heavy atom. The highest BCUT2D eigenvalue weighted by molar-refractivity contribution is 7.91. The zero-order valence-electron chi connectivity index (χ0n) is 16.5. The molecule has 2 amide bonds. The molecule has 2 aromatic rings. The van der Waals surface area contributed by atoms with Gasteiger partial charge in [-0.1, -0.05) is 24.8 Å². The smallest absolute Gasteiger partial charge is 0.322 e. The molecule has 156 valence electrons. The highest BCUT2D eigenvalue weighted by Gasteiger charge is 2.27. The first-order valence-corrected chi connectivity index (χ1v) is 11.4. The van der Waals surface area contributed by atoms with Crippen LogP contribution in [-0.4, -0.2) is 20.2 Å². The van der Waals surface area contributed by atoms with E-state index in [9.17, 15) is 18.0 Å². The summed E-state index contributed by atoms with van der Waals surface area (Å²) in [5.74, 6) is -1.32. The van der Waals surface area contributed by atoms with Gasteiger partial charge < -0.3 is 5.32 Å². The van der Waals surface area contributed by atoms with Crippen LogP contribution in [0.25, 0.3) is 0 Å². The van der Waals surface area contributed by atoms with E-state index in [-0.39, 0.29) is 11.3 Å². The van der Waals surface area contributed by atoms with Gasteiger partial charge in [0.25, 0.3) is 5.91 Å². The van der Waals surface area contributed by atoms with E-state index >= 15 is 0 Å². The number of rotatable bonds is 6. The zero-order chi connectivity index (χ0) is 21.3. The summed E-state index contributed by atoms with van der Waals surface area (Å²) in [6, 6.07) is 8.41. The minimum Gasteiger partial charge on any atom is -0.322 e. The Balaban J connectivity index is 1.59. The lowest BCUT2D eigenvalue weighted by molar-refractivity contribution is -0.111. The summed E-state index contributed by atoms with van der Waals surface area (Å²) >= 11 is 0. The number of carbonyl (C=O) groups excluding carboxylic acids is 2. The van der Waals surface area contributed by atoms with Crippen LogP contribution in [0.2, 0.25) is 0 Å². The molecular weight excluding hydrogens is 402 g/mol. The Hall–Kier alpha value is -3.13. The van der Waals surface area contributed by atoms with Gasteiger partial charge in [-0.3, -0.25) is 14.3 Å². The molecule has 7 nitrogen and oxygen atoms in total. The van der Waals surface area contributed by atoms with Gasteiger partial charge in [-0.2, -0.15) is 8.42 Å². The summed E-state index contributed by atoms with van der Waals surface area (Å²) < 4.78 is 30.4. The maximum absolute atomic E-state index is 12.8. The highest BCUT2D eigenvalue weighted by atomic mass is 32.2. The monoisotopic (exact) mass is 425 g/mol. The Labute approximate surface area is 175 Å². The van der Waals surface area contributed by atoms with Gasteiger partial charge in [-0.05, 0) is 79.0 Å². The topological polar surface area (TPSA) is 104 Å². The van der Waals surface area contributed by atoms with E-state index in [2.05, 4.69) is 27.4 Å². The molecule has 0 bridgehead atoms. The van der Waals surface area contributed by atoms with Crippen LogP contribution in [0, 0.1) is 0 Å². The third-order valence-electron chi connectivity index (χ3n) is 5.55. The van der Waals surface area contributed by atoms with Crippen molar-refractivity contribution in [3.63, 3.8) is 0 Å². The van der Waals surface area contributed by atoms with Crippen molar-refractivity contribution in [2.75, 3.05) is 10.0 Å². The van der Waals surface area contributed by atoms with E-state index in [0.717, 1.165) is 55.7 Å².